The normalized spacial score (nSPS) is 26.5. The lowest BCUT2D eigenvalue weighted by Gasteiger charge is -2.20. The van der Waals surface area contributed by atoms with E-state index in [0.29, 0.717) is 4.47 Å². The second-order valence-electron chi connectivity index (χ2n) is 7.84. The first-order valence-corrected chi connectivity index (χ1v) is 10.5. The summed E-state index contributed by atoms with van der Waals surface area (Å²) in [5.74, 6) is -2.04. The number of imide groups is 1. The largest absolute Gasteiger partial charge is 0.294 e. The highest BCUT2D eigenvalue weighted by Crippen LogP contribution is 2.58. The second-order valence-corrected chi connectivity index (χ2v) is 8.75. The van der Waals surface area contributed by atoms with Crippen LogP contribution in [-0.2, 0) is 9.59 Å². The molecular weight excluding hydrogens is 448 g/mol. The molecule has 150 valence electrons. The summed E-state index contributed by atoms with van der Waals surface area (Å²) in [5.41, 5.74) is 3.06. The Morgan fingerprint density at radius 2 is 1.60 bits per heavy atom. The summed E-state index contributed by atoms with van der Waals surface area (Å²) >= 11 is 3.22. The van der Waals surface area contributed by atoms with Crippen molar-refractivity contribution in [3.8, 4) is 0 Å². The van der Waals surface area contributed by atoms with Gasteiger partial charge >= 0.3 is 0 Å². The lowest BCUT2D eigenvalue weighted by Crippen LogP contribution is -2.33. The molecule has 5 rings (SSSR count). The van der Waals surface area contributed by atoms with Crippen LogP contribution in [0.4, 0.5) is 11.4 Å². The average molecular weight is 465 g/mol. The summed E-state index contributed by atoms with van der Waals surface area (Å²) in [4.78, 5) is 38.7. The molecule has 2 amide bonds. The topological polar surface area (TPSA) is 80.5 Å². The monoisotopic (exact) mass is 464 g/mol. The van der Waals surface area contributed by atoms with Gasteiger partial charge in [-0.1, -0.05) is 64.0 Å². The Balaban J connectivity index is 1.57. The molecule has 2 aliphatic carbocycles. The van der Waals surface area contributed by atoms with Gasteiger partial charge in [0.05, 0.1) is 16.8 Å². The van der Waals surface area contributed by atoms with Crippen molar-refractivity contribution in [1.82, 2.24) is 0 Å². The van der Waals surface area contributed by atoms with Gasteiger partial charge in [-0.2, -0.15) is 0 Å². The van der Waals surface area contributed by atoms with Crippen molar-refractivity contribution in [2.75, 3.05) is 4.90 Å². The van der Waals surface area contributed by atoms with E-state index in [9.17, 15) is 19.7 Å². The zero-order chi connectivity index (χ0) is 21.2. The van der Waals surface area contributed by atoms with Gasteiger partial charge in [-0.05, 0) is 30.2 Å². The lowest BCUT2D eigenvalue weighted by molar-refractivity contribution is -0.384. The SMILES string of the molecule is CC(=C1[C@H]2C=C[C@H]1[C@H]1C(=O)N(c3ccc(Br)cc3[N+](=O)[O-])C(=O)[C@@H]12)c1ccccc1. The van der Waals surface area contributed by atoms with E-state index in [1.54, 1.807) is 6.07 Å². The van der Waals surface area contributed by atoms with Crippen LogP contribution in [0, 0.1) is 33.8 Å². The van der Waals surface area contributed by atoms with Crippen LogP contribution in [0.15, 0.2) is 70.7 Å². The molecular formula is C23H17BrN2O4. The number of hydrogen-bond acceptors (Lipinski definition) is 4. The third kappa shape index (κ3) is 2.55. The molecule has 0 N–H and O–H groups in total. The van der Waals surface area contributed by atoms with Crippen molar-refractivity contribution < 1.29 is 14.5 Å². The molecule has 3 aliphatic rings. The molecule has 6 nitrogen and oxygen atoms in total. The summed E-state index contributed by atoms with van der Waals surface area (Å²) in [5, 5.41) is 11.5. The van der Waals surface area contributed by atoms with Crippen LogP contribution in [0.3, 0.4) is 0 Å². The Morgan fingerprint density at radius 3 is 2.17 bits per heavy atom. The molecule has 0 unspecified atom stereocenters. The zero-order valence-electron chi connectivity index (χ0n) is 16.0. The minimum absolute atomic E-state index is 0.0392. The maximum Gasteiger partial charge on any atom is 0.294 e. The number of rotatable bonds is 3. The van der Waals surface area contributed by atoms with Crippen molar-refractivity contribution in [2.45, 2.75) is 6.92 Å². The third-order valence-electron chi connectivity index (χ3n) is 6.43. The van der Waals surface area contributed by atoms with Crippen LogP contribution in [0.1, 0.15) is 12.5 Å². The van der Waals surface area contributed by atoms with E-state index in [0.717, 1.165) is 21.6 Å². The predicted molar refractivity (Wildman–Crippen MR) is 115 cm³/mol. The summed E-state index contributed by atoms with van der Waals surface area (Å²) in [6.07, 6.45) is 4.02. The average Bonchev–Trinajstić information content (AvgIpc) is 3.38. The molecule has 4 atom stereocenters. The van der Waals surface area contributed by atoms with Crippen LogP contribution in [-0.4, -0.2) is 16.7 Å². The molecule has 30 heavy (non-hydrogen) atoms. The predicted octanol–water partition coefficient (Wildman–Crippen LogP) is 4.75. The van der Waals surface area contributed by atoms with Gasteiger partial charge in [0.1, 0.15) is 5.69 Å². The number of allylic oxidation sites excluding steroid dienone is 4. The van der Waals surface area contributed by atoms with Crippen molar-refractivity contribution in [1.29, 1.82) is 0 Å². The van der Waals surface area contributed by atoms with Gasteiger partial charge in [0, 0.05) is 22.4 Å². The van der Waals surface area contributed by atoms with Crippen molar-refractivity contribution in [3.63, 3.8) is 0 Å². The standard InChI is InChI=1S/C23H17BrN2O4/c1-12(13-5-3-2-4-6-13)19-15-8-9-16(19)21-20(15)22(27)25(23(21)28)17-10-7-14(24)11-18(17)26(29)30/h2-11,15-16,20-21H,1H3/t15-,16-,20-,21-/m1/s1. The molecule has 1 aliphatic heterocycles. The second kappa shape index (κ2) is 6.74. The van der Waals surface area contributed by atoms with Crippen molar-refractivity contribution in [2.24, 2.45) is 23.7 Å². The zero-order valence-corrected chi connectivity index (χ0v) is 17.6. The van der Waals surface area contributed by atoms with Gasteiger partial charge in [0.25, 0.3) is 5.69 Å². The first kappa shape index (κ1) is 18.9. The first-order chi connectivity index (χ1) is 14.4. The highest BCUT2D eigenvalue weighted by atomic mass is 79.9. The van der Waals surface area contributed by atoms with Crippen LogP contribution >= 0.6 is 15.9 Å². The van der Waals surface area contributed by atoms with E-state index >= 15 is 0 Å². The Hall–Kier alpha value is -3.06. The number of amides is 2. The van der Waals surface area contributed by atoms with Gasteiger partial charge in [-0.25, -0.2) is 4.90 Å². The quantitative estimate of drug-likeness (QED) is 0.284. The van der Waals surface area contributed by atoms with Gasteiger partial charge in [0.2, 0.25) is 11.8 Å². The fourth-order valence-electron chi connectivity index (χ4n) is 5.19. The van der Waals surface area contributed by atoms with Gasteiger partial charge in [-0.3, -0.25) is 19.7 Å². The number of nitro groups is 1. The molecule has 1 saturated heterocycles. The van der Waals surface area contributed by atoms with Crippen LogP contribution < -0.4 is 4.90 Å². The number of nitrogens with zero attached hydrogens (tertiary/aromatic N) is 2. The molecule has 0 spiro atoms. The molecule has 2 aromatic rings. The summed E-state index contributed by atoms with van der Waals surface area (Å²) in [6.45, 7) is 2.03. The minimum atomic E-state index is -0.563. The molecule has 0 aromatic heterocycles. The van der Waals surface area contributed by atoms with E-state index in [2.05, 4.69) is 15.9 Å². The van der Waals surface area contributed by atoms with Crippen molar-refractivity contribution >= 4 is 44.7 Å². The Morgan fingerprint density at radius 1 is 1.00 bits per heavy atom. The van der Waals surface area contributed by atoms with Crippen LogP contribution in [0.25, 0.3) is 5.57 Å². The molecule has 7 heteroatoms. The Kier molecular flexibility index (Phi) is 4.25. The van der Waals surface area contributed by atoms with Crippen LogP contribution in [0.2, 0.25) is 0 Å². The highest BCUT2D eigenvalue weighted by Gasteiger charge is 2.62. The molecule has 0 radical (unpaired) electrons. The van der Waals surface area contributed by atoms with Crippen LogP contribution in [0.5, 0.6) is 0 Å². The number of hydrogen-bond donors (Lipinski definition) is 0. The lowest BCUT2D eigenvalue weighted by atomic mass is 9.85. The highest BCUT2D eigenvalue weighted by molar-refractivity contribution is 9.10. The number of nitro benzene ring substituents is 1. The van der Waals surface area contributed by atoms with E-state index in [-0.39, 0.29) is 35.0 Å². The fraction of sp³-hybridized carbons (Fsp3) is 0.217. The number of benzene rings is 2. The minimum Gasteiger partial charge on any atom is -0.274 e. The number of halogens is 1. The third-order valence-corrected chi connectivity index (χ3v) is 6.92. The van der Waals surface area contributed by atoms with E-state index in [4.69, 9.17) is 0 Å². The molecule has 2 fully saturated rings. The van der Waals surface area contributed by atoms with Gasteiger partial charge in [0.15, 0.2) is 0 Å². The van der Waals surface area contributed by atoms with Crippen molar-refractivity contribution in [3.05, 3.63) is 86.4 Å². The van der Waals surface area contributed by atoms with E-state index in [1.807, 2.05) is 49.4 Å². The molecule has 1 heterocycles. The summed E-state index contributed by atoms with van der Waals surface area (Å²) in [6, 6.07) is 14.3. The Bertz CT molecular complexity index is 1140. The van der Waals surface area contributed by atoms with Gasteiger partial charge in [-0.15, -0.1) is 0 Å². The molecule has 2 aromatic carbocycles. The number of carbonyl (C=O) groups is 2. The number of carbonyl (C=O) groups excluding carboxylic acids is 2. The summed E-state index contributed by atoms with van der Waals surface area (Å²) < 4.78 is 0.516. The maximum atomic E-state index is 13.4. The first-order valence-electron chi connectivity index (χ1n) is 9.66. The summed E-state index contributed by atoms with van der Waals surface area (Å²) in [7, 11) is 0. The molecule has 1 saturated carbocycles. The smallest absolute Gasteiger partial charge is 0.274 e. The van der Waals surface area contributed by atoms with E-state index < -0.39 is 16.8 Å². The number of fused-ring (bicyclic) bond motifs is 5. The Labute approximate surface area is 181 Å². The maximum absolute atomic E-state index is 13.4. The van der Waals surface area contributed by atoms with E-state index in [1.165, 1.54) is 12.1 Å². The van der Waals surface area contributed by atoms with Gasteiger partial charge < -0.3 is 0 Å². The fourth-order valence-corrected chi connectivity index (χ4v) is 5.54. The molecule has 2 bridgehead atoms. The number of anilines is 1.